The van der Waals surface area contributed by atoms with Gasteiger partial charge in [-0.3, -0.25) is 4.79 Å². The predicted molar refractivity (Wildman–Crippen MR) is 65.6 cm³/mol. The molecule has 0 saturated carbocycles. The van der Waals surface area contributed by atoms with E-state index in [1.54, 1.807) is 0 Å². The highest BCUT2D eigenvalue weighted by molar-refractivity contribution is 6.31. The Morgan fingerprint density at radius 3 is 2.50 bits per heavy atom. The zero-order valence-electron chi connectivity index (χ0n) is 9.16. The standard InChI is InChI=1S/C13H16ClNO/c14-12(10-4-2-1-3-5-10)13(16)11-6-8-15-9-7-11/h1-5,11-12,15H,6-9H2. The monoisotopic (exact) mass is 237 g/mol. The average Bonchev–Trinajstić information content (AvgIpc) is 2.39. The topological polar surface area (TPSA) is 29.1 Å². The smallest absolute Gasteiger partial charge is 0.158 e. The quantitative estimate of drug-likeness (QED) is 0.819. The summed E-state index contributed by atoms with van der Waals surface area (Å²) < 4.78 is 0. The molecule has 0 amide bonds. The van der Waals surface area contributed by atoms with Gasteiger partial charge in [0.1, 0.15) is 5.38 Å². The van der Waals surface area contributed by atoms with Gasteiger partial charge in [-0.05, 0) is 31.5 Å². The molecule has 3 heteroatoms. The molecule has 86 valence electrons. The normalized spacial score (nSPS) is 19.3. The minimum absolute atomic E-state index is 0.129. The number of piperidine rings is 1. The van der Waals surface area contributed by atoms with E-state index < -0.39 is 5.38 Å². The Hall–Kier alpha value is -0.860. The summed E-state index contributed by atoms with van der Waals surface area (Å²) in [5, 5.41) is 2.77. The second kappa shape index (κ2) is 5.46. The minimum atomic E-state index is -0.482. The van der Waals surface area contributed by atoms with Crippen molar-refractivity contribution < 1.29 is 4.79 Å². The molecule has 1 aromatic carbocycles. The number of ketones is 1. The average molecular weight is 238 g/mol. The van der Waals surface area contributed by atoms with Crippen LogP contribution in [0.5, 0.6) is 0 Å². The fourth-order valence-corrected chi connectivity index (χ4v) is 2.42. The molecule has 1 N–H and O–H groups in total. The molecule has 2 nitrogen and oxygen atoms in total. The highest BCUT2D eigenvalue weighted by atomic mass is 35.5. The zero-order valence-corrected chi connectivity index (χ0v) is 9.91. The molecule has 1 aromatic rings. The second-order valence-electron chi connectivity index (χ2n) is 4.20. The lowest BCUT2D eigenvalue weighted by atomic mass is 9.90. The number of benzene rings is 1. The van der Waals surface area contributed by atoms with Crippen molar-refractivity contribution in [2.45, 2.75) is 18.2 Å². The Balaban J connectivity index is 2.04. The summed E-state index contributed by atoms with van der Waals surface area (Å²) in [5.74, 6) is 0.304. The summed E-state index contributed by atoms with van der Waals surface area (Å²) >= 11 is 6.22. The first-order valence-electron chi connectivity index (χ1n) is 5.72. The fourth-order valence-electron chi connectivity index (χ4n) is 2.10. The summed E-state index contributed by atoms with van der Waals surface area (Å²) in [6.07, 6.45) is 1.82. The first-order chi connectivity index (χ1) is 7.79. The number of hydrogen-bond acceptors (Lipinski definition) is 2. The summed E-state index contributed by atoms with van der Waals surface area (Å²) in [5.41, 5.74) is 0.910. The Bertz CT molecular complexity index is 346. The number of alkyl halides is 1. The Labute approximate surface area is 101 Å². The molecule has 1 aliphatic heterocycles. The number of Topliss-reactive ketones (excluding diaryl/α,β-unsaturated/α-hetero) is 1. The number of hydrogen-bond donors (Lipinski definition) is 1. The molecule has 0 spiro atoms. The van der Waals surface area contributed by atoms with Crippen molar-refractivity contribution in [3.8, 4) is 0 Å². The molecule has 1 atom stereocenters. The van der Waals surface area contributed by atoms with Crippen LogP contribution in [0.1, 0.15) is 23.8 Å². The van der Waals surface area contributed by atoms with Crippen molar-refractivity contribution in [3.05, 3.63) is 35.9 Å². The third-order valence-corrected chi connectivity index (χ3v) is 3.55. The number of carbonyl (C=O) groups excluding carboxylic acids is 1. The van der Waals surface area contributed by atoms with E-state index in [9.17, 15) is 4.79 Å². The van der Waals surface area contributed by atoms with Crippen LogP contribution in [0.25, 0.3) is 0 Å². The van der Waals surface area contributed by atoms with Gasteiger partial charge in [-0.25, -0.2) is 0 Å². The van der Waals surface area contributed by atoms with Crippen molar-refractivity contribution >= 4 is 17.4 Å². The van der Waals surface area contributed by atoms with Gasteiger partial charge in [-0.1, -0.05) is 30.3 Å². The molecule has 1 saturated heterocycles. The summed E-state index contributed by atoms with van der Waals surface area (Å²) in [6, 6.07) is 9.59. The van der Waals surface area contributed by atoms with Gasteiger partial charge in [0.05, 0.1) is 0 Å². The van der Waals surface area contributed by atoms with Crippen LogP contribution in [0.4, 0.5) is 0 Å². The van der Waals surface area contributed by atoms with Gasteiger partial charge in [0, 0.05) is 5.92 Å². The van der Waals surface area contributed by atoms with Crippen LogP contribution in [0.2, 0.25) is 0 Å². The number of nitrogens with one attached hydrogen (secondary N) is 1. The van der Waals surface area contributed by atoms with E-state index in [4.69, 9.17) is 11.6 Å². The first kappa shape index (κ1) is 11.6. The van der Waals surface area contributed by atoms with E-state index in [1.165, 1.54) is 0 Å². The van der Waals surface area contributed by atoms with Crippen LogP contribution in [-0.4, -0.2) is 18.9 Å². The molecular formula is C13H16ClNO. The van der Waals surface area contributed by atoms with Crippen LogP contribution >= 0.6 is 11.6 Å². The zero-order chi connectivity index (χ0) is 11.4. The highest BCUT2D eigenvalue weighted by Gasteiger charge is 2.27. The number of halogens is 1. The minimum Gasteiger partial charge on any atom is -0.317 e. The SMILES string of the molecule is O=C(C1CCNCC1)C(Cl)c1ccccc1. The van der Waals surface area contributed by atoms with Crippen LogP contribution in [0.3, 0.4) is 0 Å². The fraction of sp³-hybridized carbons (Fsp3) is 0.462. The van der Waals surface area contributed by atoms with Gasteiger partial charge in [0.25, 0.3) is 0 Å². The van der Waals surface area contributed by atoms with Gasteiger partial charge < -0.3 is 5.32 Å². The van der Waals surface area contributed by atoms with Gasteiger partial charge >= 0.3 is 0 Å². The van der Waals surface area contributed by atoms with Crippen LogP contribution in [-0.2, 0) is 4.79 Å². The molecular weight excluding hydrogens is 222 g/mol. The molecule has 1 fully saturated rings. The first-order valence-corrected chi connectivity index (χ1v) is 6.16. The van der Waals surface area contributed by atoms with Gasteiger partial charge in [-0.2, -0.15) is 0 Å². The summed E-state index contributed by atoms with van der Waals surface area (Å²) in [6.45, 7) is 1.85. The van der Waals surface area contributed by atoms with Gasteiger partial charge in [-0.15, -0.1) is 11.6 Å². The van der Waals surface area contributed by atoms with E-state index in [2.05, 4.69) is 5.32 Å². The second-order valence-corrected chi connectivity index (χ2v) is 4.64. The van der Waals surface area contributed by atoms with Crippen LogP contribution in [0, 0.1) is 5.92 Å². The molecule has 1 heterocycles. The maximum absolute atomic E-state index is 12.1. The Morgan fingerprint density at radius 1 is 1.25 bits per heavy atom. The van der Waals surface area contributed by atoms with Crippen molar-refractivity contribution in [2.24, 2.45) is 5.92 Å². The van der Waals surface area contributed by atoms with Gasteiger partial charge in [0.2, 0.25) is 0 Å². The van der Waals surface area contributed by atoms with E-state index in [0.29, 0.717) is 0 Å². The Morgan fingerprint density at radius 2 is 1.88 bits per heavy atom. The lowest BCUT2D eigenvalue weighted by Gasteiger charge is -2.23. The molecule has 16 heavy (non-hydrogen) atoms. The van der Waals surface area contributed by atoms with Crippen molar-refractivity contribution in [2.75, 3.05) is 13.1 Å². The third-order valence-electron chi connectivity index (χ3n) is 3.08. The molecule has 0 bridgehead atoms. The number of carbonyl (C=O) groups is 1. The molecule has 0 aliphatic carbocycles. The lowest BCUT2D eigenvalue weighted by Crippen LogP contribution is -2.33. The molecule has 0 aromatic heterocycles. The summed E-state index contributed by atoms with van der Waals surface area (Å²) in [7, 11) is 0. The predicted octanol–water partition coefficient (Wildman–Crippen LogP) is 2.54. The Kier molecular flexibility index (Phi) is 3.97. The third kappa shape index (κ3) is 2.63. The number of rotatable bonds is 3. The molecule has 1 aliphatic rings. The molecule has 0 radical (unpaired) electrons. The largest absolute Gasteiger partial charge is 0.317 e. The van der Waals surface area contributed by atoms with E-state index in [1.807, 2.05) is 30.3 Å². The van der Waals surface area contributed by atoms with Crippen molar-refractivity contribution in [1.29, 1.82) is 0 Å². The van der Waals surface area contributed by atoms with Crippen LogP contribution in [0.15, 0.2) is 30.3 Å². The van der Waals surface area contributed by atoms with Crippen LogP contribution < -0.4 is 5.32 Å². The maximum Gasteiger partial charge on any atom is 0.158 e. The van der Waals surface area contributed by atoms with Crippen molar-refractivity contribution in [3.63, 3.8) is 0 Å². The van der Waals surface area contributed by atoms with E-state index in [0.717, 1.165) is 31.5 Å². The molecule has 1 unspecified atom stereocenters. The lowest BCUT2D eigenvalue weighted by molar-refractivity contribution is -0.123. The summed E-state index contributed by atoms with van der Waals surface area (Å²) in [4.78, 5) is 12.1. The van der Waals surface area contributed by atoms with Crippen molar-refractivity contribution in [1.82, 2.24) is 5.32 Å². The highest BCUT2D eigenvalue weighted by Crippen LogP contribution is 2.27. The van der Waals surface area contributed by atoms with E-state index in [-0.39, 0.29) is 11.7 Å². The maximum atomic E-state index is 12.1. The van der Waals surface area contributed by atoms with E-state index >= 15 is 0 Å². The van der Waals surface area contributed by atoms with Gasteiger partial charge in [0.15, 0.2) is 5.78 Å². The molecule has 2 rings (SSSR count).